The van der Waals surface area contributed by atoms with Crippen LogP contribution in [0.4, 0.5) is 4.39 Å². The van der Waals surface area contributed by atoms with Crippen molar-refractivity contribution in [2.45, 2.75) is 97.3 Å². The summed E-state index contributed by atoms with van der Waals surface area (Å²) in [5.41, 5.74) is -0.775. The Bertz CT molecular complexity index is 1980. The molecule has 0 saturated heterocycles. The average Bonchev–Trinajstić information content (AvgIpc) is 3.27. The Morgan fingerprint density at radius 1 is 0.667 bits per heavy atom. The van der Waals surface area contributed by atoms with Crippen molar-refractivity contribution in [2.24, 2.45) is 11.3 Å². The van der Waals surface area contributed by atoms with Crippen molar-refractivity contribution < 1.29 is 66.3 Å². The molecule has 1 aliphatic rings. The van der Waals surface area contributed by atoms with Gasteiger partial charge in [0.1, 0.15) is 49.2 Å². The van der Waals surface area contributed by atoms with Crippen molar-refractivity contribution >= 4 is 35.8 Å². The highest BCUT2D eigenvalue weighted by atomic mass is 19.1. The normalized spacial score (nSPS) is 14.6. The lowest BCUT2D eigenvalue weighted by molar-refractivity contribution is -0.161. The molecule has 0 N–H and O–H groups in total. The van der Waals surface area contributed by atoms with Crippen LogP contribution < -0.4 is 9.47 Å². The Kier molecular flexibility index (Phi) is 20.5. The molecule has 13 nitrogen and oxygen atoms in total. The molecule has 342 valence electrons. The number of esters is 6. The van der Waals surface area contributed by atoms with Gasteiger partial charge in [0.25, 0.3) is 0 Å². The molecule has 3 rings (SSSR count). The number of carbonyl (C=O) groups excluding carboxylic acids is 6. The second-order valence-electron chi connectivity index (χ2n) is 16.1. The summed E-state index contributed by atoms with van der Waals surface area (Å²) in [5.74, 6) is -4.73. The Morgan fingerprint density at radius 3 is 1.71 bits per heavy atom. The van der Waals surface area contributed by atoms with Crippen LogP contribution in [0.1, 0.15) is 103 Å². The predicted octanol–water partition coefficient (Wildman–Crippen LogP) is 9.03. The van der Waals surface area contributed by atoms with Crippen molar-refractivity contribution in [3.8, 4) is 22.6 Å². The second-order valence-corrected chi connectivity index (χ2v) is 16.1. The molecule has 0 spiro atoms. The maximum absolute atomic E-state index is 16.1. The molecule has 0 aliphatic heterocycles. The summed E-state index contributed by atoms with van der Waals surface area (Å²) in [6.07, 6.45) is 9.43. The summed E-state index contributed by atoms with van der Waals surface area (Å²) < 4.78 is 53.6. The van der Waals surface area contributed by atoms with Crippen molar-refractivity contribution in [2.75, 3.05) is 40.6 Å². The number of rotatable bonds is 25. The van der Waals surface area contributed by atoms with Gasteiger partial charge in [-0.05, 0) is 75.1 Å². The molecule has 14 heteroatoms. The molecule has 1 saturated carbocycles. The van der Waals surface area contributed by atoms with Gasteiger partial charge in [-0.1, -0.05) is 77.5 Å². The van der Waals surface area contributed by atoms with Crippen molar-refractivity contribution in [3.63, 3.8) is 0 Å². The van der Waals surface area contributed by atoms with E-state index in [1.54, 1.807) is 12.1 Å². The monoisotopic (exact) mass is 876 g/mol. The third-order valence-electron chi connectivity index (χ3n) is 10.7. The zero-order chi connectivity index (χ0) is 46.7. The third-order valence-corrected chi connectivity index (χ3v) is 10.7. The Hall–Kier alpha value is -6.05. The molecule has 0 atom stereocenters. The van der Waals surface area contributed by atoms with Crippen LogP contribution >= 0.6 is 0 Å². The highest BCUT2D eigenvalue weighted by molar-refractivity contribution is 5.94. The van der Waals surface area contributed by atoms with Gasteiger partial charge in [-0.3, -0.25) is 9.59 Å². The fourth-order valence-electron chi connectivity index (χ4n) is 6.84. The maximum Gasteiger partial charge on any atom is 0.338 e. The first-order valence-corrected chi connectivity index (χ1v) is 21.0. The summed E-state index contributed by atoms with van der Waals surface area (Å²) in [4.78, 5) is 75.2. The summed E-state index contributed by atoms with van der Waals surface area (Å²) >= 11 is 0. The zero-order valence-electron chi connectivity index (χ0n) is 37.2. The summed E-state index contributed by atoms with van der Waals surface area (Å²) in [5, 5.41) is 0. The maximum atomic E-state index is 16.1. The molecule has 1 fully saturated rings. The third kappa shape index (κ3) is 16.3. The highest BCUT2D eigenvalue weighted by Crippen LogP contribution is 2.41. The Morgan fingerprint density at radius 2 is 1.21 bits per heavy atom. The molecule has 2 aromatic carbocycles. The molecule has 0 unspecified atom stereocenters. The van der Waals surface area contributed by atoms with Crippen molar-refractivity contribution in [1.82, 2.24) is 0 Å². The minimum Gasteiger partial charge on any atom is -0.492 e. The summed E-state index contributed by atoms with van der Waals surface area (Å²) in [6.45, 7) is 17.1. The van der Waals surface area contributed by atoms with E-state index >= 15 is 4.39 Å². The molecule has 0 radical (unpaired) electrons. The quantitative estimate of drug-likeness (QED) is 0.0305. The topological polar surface area (TPSA) is 167 Å². The molecule has 0 bridgehead atoms. The lowest BCUT2D eigenvalue weighted by Gasteiger charge is -2.32. The first kappa shape index (κ1) is 51.3. The second kappa shape index (κ2) is 25.2. The molecule has 1 aliphatic carbocycles. The van der Waals surface area contributed by atoms with E-state index < -0.39 is 86.3 Å². The molecule has 0 amide bonds. The van der Waals surface area contributed by atoms with Gasteiger partial charge in [0.2, 0.25) is 0 Å². The minimum atomic E-state index is -1.68. The molecule has 0 aromatic heterocycles. The van der Waals surface area contributed by atoms with E-state index in [-0.39, 0.29) is 50.8 Å². The number of hydrogen-bond acceptors (Lipinski definition) is 13. The highest BCUT2D eigenvalue weighted by Gasteiger charge is 2.38. The van der Waals surface area contributed by atoms with Gasteiger partial charge in [-0.25, -0.2) is 23.6 Å². The molecule has 2 aromatic rings. The smallest absolute Gasteiger partial charge is 0.338 e. The SMILES string of the molecule is C=C(C)C(=O)OCC(COC(=O)C(=C)CC(=O)OC)(COC(=O)C(=C)CC(=O)OC)COc1ccc(-c2ccc(C3CCC(CCCCCC)CC3)cc2F)c(OC(=O)C(=C)C)c1. The fourth-order valence-corrected chi connectivity index (χ4v) is 6.84. The lowest BCUT2D eigenvalue weighted by Crippen LogP contribution is -2.44. The minimum absolute atomic E-state index is 0.0251. The molecular formula is C49H61FO13. The van der Waals surface area contributed by atoms with Crippen LogP contribution in [0.25, 0.3) is 11.1 Å². The predicted molar refractivity (Wildman–Crippen MR) is 233 cm³/mol. The van der Waals surface area contributed by atoms with E-state index in [1.165, 1.54) is 64.2 Å². The number of carbonyl (C=O) groups is 6. The number of unbranched alkanes of at least 4 members (excludes halogenated alkanes) is 3. The molecular weight excluding hydrogens is 816 g/mol. The first-order chi connectivity index (χ1) is 29.9. The van der Waals surface area contributed by atoms with Crippen LogP contribution in [-0.4, -0.2) is 76.5 Å². The Balaban J connectivity index is 1.97. The summed E-state index contributed by atoms with van der Waals surface area (Å²) in [7, 11) is 2.26. The van der Waals surface area contributed by atoms with E-state index in [9.17, 15) is 28.8 Å². The van der Waals surface area contributed by atoms with Crippen molar-refractivity contribution in [1.29, 1.82) is 0 Å². The fraction of sp³-hybridized carbons (Fsp3) is 0.469. The lowest BCUT2D eigenvalue weighted by atomic mass is 9.77. The zero-order valence-corrected chi connectivity index (χ0v) is 37.2. The van der Waals surface area contributed by atoms with Gasteiger partial charge in [0.05, 0.1) is 27.1 Å². The number of hydrogen-bond donors (Lipinski definition) is 0. The van der Waals surface area contributed by atoms with Gasteiger partial charge in [-0.2, -0.15) is 0 Å². The van der Waals surface area contributed by atoms with Gasteiger partial charge in [0, 0.05) is 39.5 Å². The van der Waals surface area contributed by atoms with E-state index in [0.717, 1.165) is 45.5 Å². The number of methoxy groups -OCH3 is 2. The standard InChI is InChI=1S/C49H61FO13/c1-10-11-12-13-14-35-15-17-36(18-16-35)37-19-21-39(41(50)25-37)40-22-20-38(26-42(40)63-46(54)32(4)5)59-27-49(28-60-45(53)31(2)3,29-61-47(55)33(6)23-43(51)57-8)30-62-48(56)34(7)24-44(52)58-9/h19-22,25-26,35-36H,2,4,6-7,10-18,23-24,27-30H2,1,3,5,8-9H3. The van der Waals surface area contributed by atoms with Crippen molar-refractivity contribution in [3.05, 3.63) is 96.4 Å². The number of halogens is 1. The van der Waals surface area contributed by atoms with E-state index in [2.05, 4.69) is 42.7 Å². The van der Waals surface area contributed by atoms with Crippen LogP contribution in [0.2, 0.25) is 0 Å². The van der Waals surface area contributed by atoms with Gasteiger partial charge in [-0.15, -0.1) is 0 Å². The van der Waals surface area contributed by atoms with E-state index in [4.69, 9.17) is 23.7 Å². The van der Waals surface area contributed by atoms with Crippen LogP contribution in [0.3, 0.4) is 0 Å². The van der Waals surface area contributed by atoms with Crippen LogP contribution in [0.15, 0.2) is 85.0 Å². The largest absolute Gasteiger partial charge is 0.492 e. The average molecular weight is 877 g/mol. The van der Waals surface area contributed by atoms with Gasteiger partial charge < -0.3 is 33.2 Å². The van der Waals surface area contributed by atoms with Gasteiger partial charge in [0.15, 0.2) is 0 Å². The van der Waals surface area contributed by atoms with Gasteiger partial charge >= 0.3 is 35.8 Å². The first-order valence-electron chi connectivity index (χ1n) is 21.0. The number of benzene rings is 2. The van der Waals surface area contributed by atoms with Crippen LogP contribution in [0.5, 0.6) is 11.5 Å². The molecule has 63 heavy (non-hydrogen) atoms. The number of ether oxygens (including phenoxy) is 7. The van der Waals surface area contributed by atoms with E-state index in [0.29, 0.717) is 5.92 Å². The summed E-state index contributed by atoms with van der Waals surface area (Å²) in [6, 6.07) is 9.46. The van der Waals surface area contributed by atoms with E-state index in [1.807, 2.05) is 6.07 Å². The van der Waals surface area contributed by atoms with Crippen LogP contribution in [0, 0.1) is 17.2 Å². The Labute approximate surface area is 369 Å². The van der Waals surface area contributed by atoms with Crippen LogP contribution in [-0.2, 0) is 52.5 Å². The molecule has 0 heterocycles.